The van der Waals surface area contributed by atoms with E-state index in [1.165, 1.54) is 5.57 Å². The van der Waals surface area contributed by atoms with Crippen molar-refractivity contribution in [2.24, 2.45) is 22.7 Å². The molecule has 148 valence electrons. The molecule has 1 unspecified atom stereocenters. The number of Topliss-reactive ketones (excluding diaryl/α,β-unsaturated/α-hetero) is 1. The fraction of sp³-hybridized carbons (Fsp3) is 0.864. The molecule has 0 aromatic heterocycles. The molecule has 1 N–H and O–H groups in total. The van der Waals surface area contributed by atoms with Gasteiger partial charge in [0.05, 0.1) is 6.61 Å². The average Bonchev–Trinajstić information content (AvgIpc) is 2.99. The summed E-state index contributed by atoms with van der Waals surface area (Å²) in [6, 6.07) is 0. The zero-order valence-corrected chi connectivity index (χ0v) is 17.1. The lowest BCUT2D eigenvalue weighted by Gasteiger charge is -2.56. The molecule has 1 aliphatic heterocycles. The summed E-state index contributed by atoms with van der Waals surface area (Å²) in [7, 11) is 0. The molecule has 4 heteroatoms. The number of carbonyl (C=O) groups excluding carboxylic acids is 1. The maximum atomic E-state index is 12.8. The van der Waals surface area contributed by atoms with Crippen LogP contribution < -0.4 is 0 Å². The van der Waals surface area contributed by atoms with Gasteiger partial charge in [-0.15, -0.1) is 0 Å². The standard InChI is InChI=1S/C22H36O4/c1-6-25-17-12-15(13-26-17)8-9-16-14(2)18(23)19(24)20-21(3,4)10-7-11-22(16,20)5/h15,17,19-20,24H,6-13H2,1-5H3/t15-,17?,19+,20-,22+/m0/s1. The quantitative estimate of drug-likeness (QED) is 0.792. The van der Waals surface area contributed by atoms with E-state index in [9.17, 15) is 9.90 Å². The molecule has 0 amide bonds. The van der Waals surface area contributed by atoms with E-state index in [1.807, 2.05) is 13.8 Å². The lowest BCUT2D eigenvalue weighted by atomic mass is 9.48. The number of ketones is 1. The molecule has 0 radical (unpaired) electrons. The van der Waals surface area contributed by atoms with Crippen LogP contribution in [0.5, 0.6) is 0 Å². The summed E-state index contributed by atoms with van der Waals surface area (Å²) < 4.78 is 11.3. The predicted octanol–water partition coefficient (Wildman–Crippen LogP) is 4.26. The van der Waals surface area contributed by atoms with Crippen molar-refractivity contribution >= 4 is 5.78 Å². The zero-order chi connectivity index (χ0) is 19.1. The highest BCUT2D eigenvalue weighted by atomic mass is 16.7. The van der Waals surface area contributed by atoms with E-state index in [1.54, 1.807) is 0 Å². The van der Waals surface area contributed by atoms with Crippen LogP contribution in [0.1, 0.15) is 73.1 Å². The van der Waals surface area contributed by atoms with Gasteiger partial charge in [-0.2, -0.15) is 0 Å². The van der Waals surface area contributed by atoms with Gasteiger partial charge in [-0.25, -0.2) is 0 Å². The van der Waals surface area contributed by atoms with Gasteiger partial charge in [-0.3, -0.25) is 4.79 Å². The first-order chi connectivity index (χ1) is 12.2. The number of allylic oxidation sites excluding steroid dienone is 1. The normalized spacial score (nSPS) is 40.0. The van der Waals surface area contributed by atoms with E-state index in [0.29, 0.717) is 12.5 Å². The Labute approximate surface area is 158 Å². The molecule has 26 heavy (non-hydrogen) atoms. The van der Waals surface area contributed by atoms with E-state index in [0.717, 1.165) is 50.7 Å². The highest BCUT2D eigenvalue weighted by Crippen LogP contribution is 2.59. The molecular weight excluding hydrogens is 328 g/mol. The Morgan fingerprint density at radius 1 is 1.27 bits per heavy atom. The Hall–Kier alpha value is -0.710. The van der Waals surface area contributed by atoms with Crippen molar-refractivity contribution in [2.45, 2.75) is 85.5 Å². The third-order valence-corrected chi connectivity index (χ3v) is 7.34. The molecule has 0 aromatic carbocycles. The number of aliphatic hydroxyl groups is 1. The monoisotopic (exact) mass is 364 g/mol. The molecule has 3 aliphatic rings. The molecule has 5 atom stereocenters. The summed E-state index contributed by atoms with van der Waals surface area (Å²) in [5.41, 5.74) is 2.03. The van der Waals surface area contributed by atoms with Gasteiger partial charge in [0.15, 0.2) is 12.1 Å². The summed E-state index contributed by atoms with van der Waals surface area (Å²) in [5, 5.41) is 10.8. The van der Waals surface area contributed by atoms with Gasteiger partial charge in [-0.1, -0.05) is 32.8 Å². The topological polar surface area (TPSA) is 55.8 Å². The molecule has 0 spiro atoms. The SMILES string of the molecule is CCOC1C[C@H](CCC2=C(C)C(=O)[C@@H](O)[C@H]3C(C)(C)CCC[C@]23C)CO1. The van der Waals surface area contributed by atoms with Crippen LogP contribution in [0.2, 0.25) is 0 Å². The van der Waals surface area contributed by atoms with Crippen molar-refractivity contribution in [1.82, 2.24) is 0 Å². The van der Waals surface area contributed by atoms with Crippen molar-refractivity contribution in [2.75, 3.05) is 13.2 Å². The van der Waals surface area contributed by atoms with Crippen LogP contribution in [0.15, 0.2) is 11.1 Å². The summed E-state index contributed by atoms with van der Waals surface area (Å²) >= 11 is 0. The van der Waals surface area contributed by atoms with Gasteiger partial charge in [0.1, 0.15) is 6.10 Å². The second kappa shape index (κ2) is 7.37. The molecule has 3 rings (SSSR count). The maximum absolute atomic E-state index is 12.8. The largest absolute Gasteiger partial charge is 0.385 e. The summed E-state index contributed by atoms with van der Waals surface area (Å²) in [6.45, 7) is 12.1. The van der Waals surface area contributed by atoms with E-state index < -0.39 is 6.10 Å². The fourth-order valence-electron chi connectivity index (χ4n) is 6.13. The molecule has 0 bridgehead atoms. The molecule has 1 heterocycles. The van der Waals surface area contributed by atoms with Crippen LogP contribution in [-0.2, 0) is 14.3 Å². The Morgan fingerprint density at radius 3 is 2.69 bits per heavy atom. The van der Waals surface area contributed by atoms with Crippen LogP contribution in [0.4, 0.5) is 0 Å². The minimum absolute atomic E-state index is 0.00937. The summed E-state index contributed by atoms with van der Waals surface area (Å²) in [6.07, 6.45) is 5.31. The molecule has 0 aromatic rings. The molecular formula is C22H36O4. The molecule has 4 nitrogen and oxygen atoms in total. The van der Waals surface area contributed by atoms with E-state index in [2.05, 4.69) is 20.8 Å². The van der Waals surface area contributed by atoms with Crippen LogP contribution in [0.3, 0.4) is 0 Å². The number of hydrogen-bond donors (Lipinski definition) is 1. The van der Waals surface area contributed by atoms with Crippen molar-refractivity contribution < 1.29 is 19.4 Å². The maximum Gasteiger partial charge on any atom is 0.187 e. The Bertz CT molecular complexity index is 579. The second-order valence-electron chi connectivity index (χ2n) is 9.51. The number of hydrogen-bond acceptors (Lipinski definition) is 4. The molecule has 1 saturated heterocycles. The van der Waals surface area contributed by atoms with Crippen molar-refractivity contribution in [3.05, 3.63) is 11.1 Å². The van der Waals surface area contributed by atoms with E-state index in [4.69, 9.17) is 9.47 Å². The molecule has 1 saturated carbocycles. The number of fused-ring (bicyclic) bond motifs is 1. The lowest BCUT2D eigenvalue weighted by molar-refractivity contribution is -0.140. The predicted molar refractivity (Wildman–Crippen MR) is 102 cm³/mol. The van der Waals surface area contributed by atoms with Gasteiger partial charge in [-0.05, 0) is 61.9 Å². The first-order valence-corrected chi connectivity index (χ1v) is 10.4. The highest BCUT2D eigenvalue weighted by molar-refractivity contribution is 6.00. The van der Waals surface area contributed by atoms with Gasteiger partial charge in [0.2, 0.25) is 0 Å². The lowest BCUT2D eigenvalue weighted by Crippen LogP contribution is -2.55. The second-order valence-corrected chi connectivity index (χ2v) is 9.51. The van der Waals surface area contributed by atoms with Crippen LogP contribution in [-0.4, -0.2) is 36.5 Å². The summed E-state index contributed by atoms with van der Waals surface area (Å²) in [4.78, 5) is 12.8. The van der Waals surface area contributed by atoms with Crippen LogP contribution in [0, 0.1) is 22.7 Å². The van der Waals surface area contributed by atoms with Crippen LogP contribution >= 0.6 is 0 Å². The number of carbonyl (C=O) groups is 1. The van der Waals surface area contributed by atoms with E-state index in [-0.39, 0.29) is 28.8 Å². The number of aliphatic hydroxyl groups excluding tert-OH is 1. The van der Waals surface area contributed by atoms with Crippen molar-refractivity contribution in [3.63, 3.8) is 0 Å². The minimum Gasteiger partial charge on any atom is -0.385 e. The first kappa shape index (κ1) is 20.0. The number of rotatable bonds is 5. The van der Waals surface area contributed by atoms with Gasteiger partial charge < -0.3 is 14.6 Å². The average molecular weight is 365 g/mol. The van der Waals surface area contributed by atoms with E-state index >= 15 is 0 Å². The molecule has 2 aliphatic carbocycles. The molecule has 2 fully saturated rings. The van der Waals surface area contributed by atoms with Crippen molar-refractivity contribution in [3.8, 4) is 0 Å². The third-order valence-electron chi connectivity index (χ3n) is 7.34. The zero-order valence-electron chi connectivity index (χ0n) is 17.1. The Balaban J connectivity index is 1.79. The third kappa shape index (κ3) is 3.41. The minimum atomic E-state index is -0.851. The fourth-order valence-corrected chi connectivity index (χ4v) is 6.13. The Kier molecular flexibility index (Phi) is 5.68. The first-order valence-electron chi connectivity index (χ1n) is 10.4. The number of ether oxygens (including phenoxy) is 2. The highest BCUT2D eigenvalue weighted by Gasteiger charge is 2.56. The van der Waals surface area contributed by atoms with Gasteiger partial charge >= 0.3 is 0 Å². The smallest absolute Gasteiger partial charge is 0.187 e. The van der Waals surface area contributed by atoms with Crippen molar-refractivity contribution in [1.29, 1.82) is 0 Å². The Morgan fingerprint density at radius 2 is 2.00 bits per heavy atom. The summed E-state index contributed by atoms with van der Waals surface area (Å²) in [5.74, 6) is 0.464. The van der Waals surface area contributed by atoms with Gasteiger partial charge in [0.25, 0.3) is 0 Å². The van der Waals surface area contributed by atoms with Gasteiger partial charge in [0, 0.05) is 18.9 Å². The van der Waals surface area contributed by atoms with Crippen LogP contribution in [0.25, 0.3) is 0 Å².